The van der Waals surface area contributed by atoms with Crippen LogP contribution in [0.4, 0.5) is 4.39 Å². The lowest BCUT2D eigenvalue weighted by Crippen LogP contribution is -2.17. The highest BCUT2D eigenvalue weighted by atomic mass is 32.2. The van der Waals surface area contributed by atoms with E-state index < -0.39 is 28.3 Å². The Morgan fingerprint density at radius 1 is 1.16 bits per heavy atom. The SMILES string of the molecule is C[C@@H](O)c1cnc(-c2cc3c4c(ccc3n2S(=O)(=O)c2ccccc2)[C@H](N)[C@H](F)C4)cn1. The number of alkyl halides is 1. The van der Waals surface area contributed by atoms with Gasteiger partial charge < -0.3 is 10.8 Å². The molecule has 9 heteroatoms. The highest BCUT2D eigenvalue weighted by Crippen LogP contribution is 2.40. The molecule has 4 aromatic rings. The molecule has 0 bridgehead atoms. The topological polar surface area (TPSA) is 111 Å². The minimum atomic E-state index is -4.00. The third kappa shape index (κ3) is 3.12. The van der Waals surface area contributed by atoms with Gasteiger partial charge >= 0.3 is 0 Å². The third-order valence-electron chi connectivity index (χ3n) is 5.88. The molecule has 32 heavy (non-hydrogen) atoms. The molecule has 2 aromatic carbocycles. The average molecular weight is 453 g/mol. The van der Waals surface area contributed by atoms with Crippen LogP contribution in [0.2, 0.25) is 0 Å². The van der Waals surface area contributed by atoms with Gasteiger partial charge in [-0.25, -0.2) is 16.8 Å². The first-order chi connectivity index (χ1) is 15.3. The van der Waals surface area contributed by atoms with Crippen molar-refractivity contribution in [2.75, 3.05) is 0 Å². The van der Waals surface area contributed by atoms with E-state index in [2.05, 4.69) is 9.97 Å². The maximum Gasteiger partial charge on any atom is 0.268 e. The quantitative estimate of drug-likeness (QED) is 0.492. The number of benzene rings is 2. The summed E-state index contributed by atoms with van der Waals surface area (Å²) in [6.07, 6.45) is 0.932. The van der Waals surface area contributed by atoms with Crippen molar-refractivity contribution in [3.8, 4) is 11.4 Å². The first-order valence-electron chi connectivity index (χ1n) is 10.2. The minimum Gasteiger partial charge on any atom is -0.387 e. The minimum absolute atomic E-state index is 0.118. The van der Waals surface area contributed by atoms with E-state index in [0.29, 0.717) is 39.1 Å². The van der Waals surface area contributed by atoms with E-state index in [1.807, 2.05) is 0 Å². The largest absolute Gasteiger partial charge is 0.387 e. The van der Waals surface area contributed by atoms with Crippen LogP contribution in [0.5, 0.6) is 0 Å². The molecule has 3 N–H and O–H groups in total. The number of nitrogens with two attached hydrogens (primary N) is 1. The van der Waals surface area contributed by atoms with Crippen LogP contribution in [0.15, 0.2) is 65.8 Å². The summed E-state index contributed by atoms with van der Waals surface area (Å²) >= 11 is 0. The van der Waals surface area contributed by atoms with E-state index in [0.717, 1.165) is 0 Å². The number of hydrogen-bond acceptors (Lipinski definition) is 6. The van der Waals surface area contributed by atoms with Gasteiger partial charge in [-0.05, 0) is 42.3 Å². The summed E-state index contributed by atoms with van der Waals surface area (Å²) in [7, 11) is -4.00. The fourth-order valence-electron chi connectivity index (χ4n) is 4.21. The van der Waals surface area contributed by atoms with Crippen LogP contribution in [-0.4, -0.2) is 33.6 Å². The first kappa shape index (κ1) is 20.7. The van der Waals surface area contributed by atoms with Gasteiger partial charge in [0.25, 0.3) is 10.0 Å². The summed E-state index contributed by atoms with van der Waals surface area (Å²) in [5, 5.41) is 10.4. The molecule has 0 saturated carbocycles. The predicted octanol–water partition coefficient (Wildman–Crippen LogP) is 3.28. The van der Waals surface area contributed by atoms with Crippen molar-refractivity contribution in [3.05, 3.63) is 77.7 Å². The smallest absolute Gasteiger partial charge is 0.268 e. The van der Waals surface area contributed by atoms with Crippen LogP contribution in [0.1, 0.15) is 35.9 Å². The van der Waals surface area contributed by atoms with E-state index >= 15 is 0 Å². The Bertz CT molecular complexity index is 1420. The molecule has 2 heterocycles. The van der Waals surface area contributed by atoms with Gasteiger partial charge in [0, 0.05) is 11.8 Å². The number of aliphatic hydroxyl groups is 1. The lowest BCUT2D eigenvalue weighted by atomic mass is 10.0. The van der Waals surface area contributed by atoms with Gasteiger partial charge in [-0.1, -0.05) is 24.3 Å². The third-order valence-corrected chi connectivity index (χ3v) is 7.62. The molecule has 5 rings (SSSR count). The van der Waals surface area contributed by atoms with Crippen molar-refractivity contribution in [1.82, 2.24) is 13.9 Å². The van der Waals surface area contributed by atoms with Crippen LogP contribution in [0.3, 0.4) is 0 Å². The van der Waals surface area contributed by atoms with Gasteiger partial charge in [-0.15, -0.1) is 0 Å². The monoisotopic (exact) mass is 452 g/mol. The van der Waals surface area contributed by atoms with Crippen LogP contribution in [0.25, 0.3) is 22.3 Å². The Balaban J connectivity index is 1.81. The fraction of sp³-hybridized carbons (Fsp3) is 0.217. The molecule has 164 valence electrons. The first-order valence-corrected chi connectivity index (χ1v) is 11.6. The van der Waals surface area contributed by atoms with Crippen molar-refractivity contribution < 1.29 is 17.9 Å². The Morgan fingerprint density at radius 2 is 1.91 bits per heavy atom. The van der Waals surface area contributed by atoms with Crippen molar-refractivity contribution in [1.29, 1.82) is 0 Å². The van der Waals surface area contributed by atoms with Gasteiger partial charge in [0.2, 0.25) is 0 Å². The number of fused-ring (bicyclic) bond motifs is 3. The Labute approximate surface area is 184 Å². The lowest BCUT2D eigenvalue weighted by molar-refractivity contribution is 0.194. The molecule has 1 aliphatic rings. The molecular weight excluding hydrogens is 431 g/mol. The van der Waals surface area contributed by atoms with Crippen LogP contribution in [0, 0.1) is 0 Å². The second-order valence-electron chi connectivity index (χ2n) is 7.93. The maximum atomic E-state index is 14.4. The molecule has 0 aliphatic heterocycles. The van der Waals surface area contributed by atoms with Crippen molar-refractivity contribution in [2.45, 2.75) is 36.6 Å². The van der Waals surface area contributed by atoms with Gasteiger partial charge in [-0.3, -0.25) is 9.97 Å². The lowest BCUT2D eigenvalue weighted by Gasteiger charge is -2.13. The molecule has 0 spiro atoms. The van der Waals surface area contributed by atoms with E-state index in [1.54, 1.807) is 43.3 Å². The molecule has 0 amide bonds. The van der Waals surface area contributed by atoms with Gasteiger partial charge in [0.15, 0.2) is 0 Å². The molecule has 0 fully saturated rings. The number of halogens is 1. The average Bonchev–Trinajstić information content (AvgIpc) is 3.33. The van der Waals surface area contributed by atoms with Crippen molar-refractivity contribution in [2.24, 2.45) is 5.73 Å². The van der Waals surface area contributed by atoms with Crippen LogP contribution < -0.4 is 5.73 Å². The zero-order chi connectivity index (χ0) is 22.6. The van der Waals surface area contributed by atoms with E-state index in [1.165, 1.54) is 28.5 Å². The molecule has 0 unspecified atom stereocenters. The summed E-state index contributed by atoms with van der Waals surface area (Å²) in [6, 6.07) is 12.4. The predicted molar refractivity (Wildman–Crippen MR) is 118 cm³/mol. The van der Waals surface area contributed by atoms with Crippen molar-refractivity contribution >= 4 is 20.9 Å². The molecule has 0 radical (unpaired) electrons. The highest BCUT2D eigenvalue weighted by Gasteiger charge is 2.33. The highest BCUT2D eigenvalue weighted by molar-refractivity contribution is 7.90. The van der Waals surface area contributed by atoms with Crippen molar-refractivity contribution in [3.63, 3.8) is 0 Å². The fourth-order valence-corrected chi connectivity index (χ4v) is 5.75. The summed E-state index contributed by atoms with van der Waals surface area (Å²) < 4.78 is 43.0. The summed E-state index contributed by atoms with van der Waals surface area (Å²) in [6.45, 7) is 1.57. The molecule has 1 aliphatic carbocycles. The molecular formula is C23H21FN4O3S. The molecule has 0 saturated heterocycles. The van der Waals surface area contributed by atoms with Gasteiger partial charge in [0.1, 0.15) is 11.9 Å². The zero-order valence-electron chi connectivity index (χ0n) is 17.2. The second kappa shape index (κ2) is 7.47. The standard InChI is InChI=1S/C23H21FN4O3S/c1-13(29)19-11-27-20(12-26-19)22-10-17-16-9-18(24)23(25)15(16)7-8-21(17)28(22)32(30,31)14-5-3-2-4-6-14/h2-8,10-13,18,23,29H,9,25H2,1H3/t13-,18-,23+/m1/s1. The van der Waals surface area contributed by atoms with Gasteiger partial charge in [0.05, 0.1) is 46.3 Å². The van der Waals surface area contributed by atoms with Gasteiger partial charge in [-0.2, -0.15) is 0 Å². The zero-order valence-corrected chi connectivity index (χ0v) is 18.0. The normalized spacial score (nSPS) is 19.2. The summed E-state index contributed by atoms with van der Waals surface area (Å²) in [5.74, 6) is 0. The summed E-state index contributed by atoms with van der Waals surface area (Å²) in [5.41, 5.74) is 8.81. The molecule has 3 atom stereocenters. The number of rotatable bonds is 4. The van der Waals surface area contributed by atoms with E-state index in [4.69, 9.17) is 5.73 Å². The Kier molecular flexibility index (Phi) is 4.85. The maximum absolute atomic E-state index is 14.4. The number of hydrogen-bond donors (Lipinski definition) is 2. The summed E-state index contributed by atoms with van der Waals surface area (Å²) in [4.78, 5) is 8.69. The molecule has 2 aromatic heterocycles. The van der Waals surface area contributed by atoms with E-state index in [9.17, 15) is 17.9 Å². The Hall–Kier alpha value is -3.14. The van der Waals surface area contributed by atoms with Crippen LogP contribution in [-0.2, 0) is 16.4 Å². The van der Waals surface area contributed by atoms with Crippen LogP contribution >= 0.6 is 0 Å². The second-order valence-corrected chi connectivity index (χ2v) is 9.71. The van der Waals surface area contributed by atoms with E-state index in [-0.39, 0.29) is 11.3 Å². The number of aliphatic hydroxyl groups excluding tert-OH is 1. The Morgan fingerprint density at radius 3 is 2.56 bits per heavy atom. The number of nitrogens with zero attached hydrogens (tertiary/aromatic N) is 3. The molecule has 7 nitrogen and oxygen atoms in total. The number of aromatic nitrogens is 3.